The molecule has 1 N–H and O–H groups in total. The van der Waals surface area contributed by atoms with Crippen LogP contribution in [0.5, 0.6) is 0 Å². The minimum atomic E-state index is -6.09. The Hall–Kier alpha value is -1.18. The first-order valence-corrected chi connectivity index (χ1v) is 12.3. The Kier molecular flexibility index (Phi) is 9.12. The van der Waals surface area contributed by atoms with Crippen LogP contribution < -0.4 is 26.5 Å². The van der Waals surface area contributed by atoms with Crippen molar-refractivity contribution in [2.45, 2.75) is 33.2 Å². The first-order chi connectivity index (χ1) is 13.1. The normalized spacial score (nSPS) is 11.5. The Bertz CT molecular complexity index is 988. The minimum Gasteiger partial charge on any atom is -0.741 e. The molecule has 2 aromatic carbocycles. The summed E-state index contributed by atoms with van der Waals surface area (Å²) in [7, 11) is -6.09. The van der Waals surface area contributed by atoms with Crippen LogP contribution in [-0.2, 0) is 14.9 Å². The molecule has 1 amide bonds. The topological polar surface area (TPSA) is 86.3 Å². The Labute approximate surface area is 186 Å². The number of hydrogen-bond donors (Lipinski definition) is 1. The maximum Gasteiger partial charge on any atom is 0.485 e. The molecule has 0 aliphatic rings. The van der Waals surface area contributed by atoms with Crippen LogP contribution in [0.25, 0.3) is 0 Å². The van der Waals surface area contributed by atoms with Crippen LogP contribution in [0, 0.1) is 27.9 Å². The van der Waals surface area contributed by atoms with Gasteiger partial charge in [-0.15, -0.1) is 0 Å². The molecule has 0 spiro atoms. The van der Waals surface area contributed by atoms with Crippen LogP contribution in [0.3, 0.4) is 0 Å². The predicted molar refractivity (Wildman–Crippen MR) is 102 cm³/mol. The van der Waals surface area contributed by atoms with E-state index in [9.17, 15) is 18.0 Å². The summed E-state index contributed by atoms with van der Waals surface area (Å²) in [5.41, 5.74) is -0.748. The van der Waals surface area contributed by atoms with Gasteiger partial charge in [0.2, 0.25) is 9.48 Å². The largest absolute Gasteiger partial charge is 0.741 e. The lowest BCUT2D eigenvalue weighted by Crippen LogP contribution is -3.62. The summed E-state index contributed by atoms with van der Waals surface area (Å²) in [4.78, 5) is 11.4. The molecule has 0 fully saturated rings. The van der Waals surface area contributed by atoms with E-state index in [2.05, 4.69) is 60.2 Å². The summed E-state index contributed by atoms with van der Waals surface area (Å²) in [5, 5.41) is 2.95. The minimum absolute atomic E-state index is 0.0375. The third-order valence-electron chi connectivity index (χ3n) is 3.32. The number of carbonyl (C=O) groups excluding carboxylic acids is 1. The van der Waals surface area contributed by atoms with E-state index >= 15 is 0 Å². The zero-order valence-electron chi connectivity index (χ0n) is 15.8. The van der Waals surface area contributed by atoms with Gasteiger partial charge in [-0.25, -0.2) is 8.42 Å². The van der Waals surface area contributed by atoms with Crippen molar-refractivity contribution >= 4 is 37.6 Å². The molecule has 0 saturated carbocycles. The van der Waals surface area contributed by atoms with E-state index in [0.29, 0.717) is 0 Å². The molecule has 0 unspecified atom stereocenters. The van der Waals surface area contributed by atoms with Gasteiger partial charge in [0.05, 0.1) is 0 Å². The average Bonchev–Trinajstić information content (AvgIpc) is 2.52. The smallest absolute Gasteiger partial charge is 0.485 e. The summed E-state index contributed by atoms with van der Waals surface area (Å²) in [6.07, 6.45) is 0. The highest BCUT2D eigenvalue weighted by Crippen LogP contribution is 2.22. The predicted octanol–water partition coefficient (Wildman–Crippen LogP) is 1.51. The number of halogens is 5. The maximum atomic E-state index is 11.4. The first kappa shape index (κ1) is 25.9. The van der Waals surface area contributed by atoms with E-state index in [4.69, 9.17) is 13.0 Å². The van der Waals surface area contributed by atoms with Crippen molar-refractivity contribution in [1.29, 1.82) is 0 Å². The zero-order valence-corrected chi connectivity index (χ0v) is 20.4. The zero-order chi connectivity index (χ0) is 22.6. The van der Waals surface area contributed by atoms with E-state index in [1.807, 2.05) is 12.1 Å². The number of para-hydroxylation sites is 1. The van der Waals surface area contributed by atoms with Gasteiger partial charge in [-0.05, 0) is 48.8 Å². The van der Waals surface area contributed by atoms with E-state index in [1.165, 1.54) is 23.8 Å². The standard InChI is InChI=1S/C17H17BrINO.CHF3O3S/c1-10-8-11(2)16(12(3)9-10)19-15-7-5-6-14(18)17(15)20-13(4)21;2-1(3,4)8(5,6)7/h5-9H,1-4H3;(H,5,6,7). The van der Waals surface area contributed by atoms with E-state index in [1.54, 1.807) is 6.92 Å². The second kappa shape index (κ2) is 10.2. The molecular weight excluding hydrogens is 590 g/mol. The number of nitrogens with one attached hydrogen (secondary N) is 1. The summed E-state index contributed by atoms with van der Waals surface area (Å²) in [6.45, 7) is 8.02. The van der Waals surface area contributed by atoms with Gasteiger partial charge in [-0.2, -0.15) is 13.2 Å². The Balaban J connectivity index is 0.000000447. The van der Waals surface area contributed by atoms with E-state index in [0.717, 1.165) is 10.2 Å². The number of hydrogen-bond acceptors (Lipinski definition) is 4. The lowest BCUT2D eigenvalue weighted by atomic mass is 10.1. The molecule has 0 saturated heterocycles. The van der Waals surface area contributed by atoms with Gasteiger partial charge in [-0.3, -0.25) is 4.79 Å². The van der Waals surface area contributed by atoms with E-state index in [-0.39, 0.29) is 27.1 Å². The average molecular weight is 608 g/mol. The van der Waals surface area contributed by atoms with Crippen LogP contribution in [0.1, 0.15) is 23.6 Å². The van der Waals surface area contributed by atoms with Crippen LogP contribution in [0.4, 0.5) is 18.9 Å². The number of alkyl halides is 3. The number of carbonyl (C=O) groups is 1. The molecule has 160 valence electrons. The van der Waals surface area contributed by atoms with Crippen LogP contribution in [-0.4, -0.2) is 24.4 Å². The quantitative estimate of drug-likeness (QED) is 0.326. The molecular formula is C18H18BrF3INO4S. The molecule has 5 nitrogen and oxygen atoms in total. The Morgan fingerprint density at radius 3 is 2.03 bits per heavy atom. The molecule has 2 aromatic rings. The van der Waals surface area contributed by atoms with Crippen molar-refractivity contribution < 1.29 is 52.1 Å². The van der Waals surface area contributed by atoms with Crippen LogP contribution >= 0.6 is 15.9 Å². The molecule has 11 heteroatoms. The Morgan fingerprint density at radius 2 is 1.62 bits per heavy atom. The highest BCUT2D eigenvalue weighted by molar-refractivity contribution is 9.10. The molecule has 0 heterocycles. The van der Waals surface area contributed by atoms with Crippen LogP contribution in [0.15, 0.2) is 34.8 Å². The van der Waals surface area contributed by atoms with Gasteiger partial charge >= 0.3 is 26.7 Å². The fourth-order valence-corrected chi connectivity index (χ4v) is 5.95. The monoisotopic (exact) mass is 607 g/mol. The van der Waals surface area contributed by atoms with Gasteiger partial charge in [0.25, 0.3) is 0 Å². The third kappa shape index (κ3) is 7.87. The summed E-state index contributed by atoms with van der Waals surface area (Å²) < 4.78 is 62.5. The van der Waals surface area contributed by atoms with Crippen molar-refractivity contribution in [3.05, 3.63) is 58.6 Å². The third-order valence-corrected chi connectivity index (χ3v) is 8.27. The lowest BCUT2D eigenvalue weighted by Gasteiger charge is -2.08. The number of aryl methyl sites for hydroxylation is 3. The fraction of sp³-hybridized carbons (Fsp3) is 0.278. The molecule has 2 rings (SSSR count). The van der Waals surface area contributed by atoms with Crippen LogP contribution in [0.2, 0.25) is 0 Å². The lowest BCUT2D eigenvalue weighted by molar-refractivity contribution is -0.597. The summed E-state index contributed by atoms with van der Waals surface area (Å²) in [5.74, 6) is -0.0375. The number of rotatable bonds is 3. The maximum absolute atomic E-state index is 11.4. The molecule has 0 bridgehead atoms. The highest BCUT2D eigenvalue weighted by atomic mass is 127. The second-order valence-electron chi connectivity index (χ2n) is 5.98. The van der Waals surface area contributed by atoms with Gasteiger partial charge < -0.3 is 9.87 Å². The van der Waals surface area contributed by atoms with Gasteiger partial charge in [-0.1, -0.05) is 23.8 Å². The van der Waals surface area contributed by atoms with Crippen molar-refractivity contribution in [2.24, 2.45) is 0 Å². The van der Waals surface area contributed by atoms with Gasteiger partial charge in [0, 0.05) is 22.5 Å². The molecule has 0 aromatic heterocycles. The molecule has 0 atom stereocenters. The first-order valence-electron chi connectivity index (χ1n) is 7.94. The summed E-state index contributed by atoms with van der Waals surface area (Å²) >= 11 is 3.20. The van der Waals surface area contributed by atoms with Gasteiger partial charge in [0.15, 0.2) is 13.7 Å². The molecule has 29 heavy (non-hydrogen) atoms. The van der Waals surface area contributed by atoms with Gasteiger partial charge in [0.1, 0.15) is 5.69 Å². The van der Waals surface area contributed by atoms with Crippen molar-refractivity contribution in [3.63, 3.8) is 0 Å². The number of amides is 1. The SMILES string of the molecule is CC(=O)Nc1c(Br)cccc1[I+]c1c(C)cc(C)cc1C.O=S(=O)([O-])C(F)(F)F. The van der Waals surface area contributed by atoms with Crippen molar-refractivity contribution in [2.75, 3.05) is 5.32 Å². The second-order valence-corrected chi connectivity index (χ2v) is 11.0. The Morgan fingerprint density at radius 1 is 1.14 bits per heavy atom. The number of anilines is 1. The van der Waals surface area contributed by atoms with Crippen molar-refractivity contribution in [3.8, 4) is 0 Å². The van der Waals surface area contributed by atoms with Crippen molar-refractivity contribution in [1.82, 2.24) is 0 Å². The highest BCUT2D eigenvalue weighted by Gasteiger charge is 2.36. The molecule has 0 aliphatic carbocycles. The number of benzene rings is 2. The van der Waals surface area contributed by atoms with E-state index < -0.39 is 15.6 Å². The molecule has 0 radical (unpaired) electrons. The summed E-state index contributed by atoms with van der Waals surface area (Å²) in [6, 6.07) is 10.6. The fourth-order valence-electron chi connectivity index (χ4n) is 2.29. The molecule has 0 aliphatic heterocycles.